The van der Waals surface area contributed by atoms with Gasteiger partial charge >= 0.3 is 5.97 Å². The number of halogens is 1. The highest BCUT2D eigenvalue weighted by Crippen LogP contribution is 2.46. The molecule has 0 saturated carbocycles. The largest absolute Gasteiger partial charge is 0.467 e. The zero-order chi connectivity index (χ0) is 17.4. The molecule has 2 aromatic carbocycles. The number of rotatable bonds is 4. The number of nitrogens with zero attached hydrogens (tertiary/aromatic N) is 2. The molecule has 2 aromatic rings. The zero-order valence-electron chi connectivity index (χ0n) is 13.7. The van der Waals surface area contributed by atoms with E-state index < -0.39 is 11.7 Å². The first kappa shape index (κ1) is 16.1. The average molecular weight is 357 g/mol. The van der Waals surface area contributed by atoms with Gasteiger partial charge in [-0.15, -0.1) is 0 Å². The smallest absolute Gasteiger partial charge is 0.331 e. The quantitative estimate of drug-likeness (QED) is 0.790. The lowest BCUT2D eigenvalue weighted by Gasteiger charge is -2.38. The molecule has 4 rings (SSSR count). The average Bonchev–Trinajstić information content (AvgIpc) is 3.22. The number of hydrogen-bond acceptors (Lipinski definition) is 5. The van der Waals surface area contributed by atoms with Crippen molar-refractivity contribution in [1.29, 1.82) is 0 Å². The van der Waals surface area contributed by atoms with Crippen LogP contribution in [0.2, 0.25) is 5.02 Å². The minimum absolute atomic E-state index is 0.156. The van der Waals surface area contributed by atoms with Crippen molar-refractivity contribution in [3.8, 4) is 0 Å². The normalized spacial score (nSPS) is 20.9. The molecule has 1 atom stereocenters. The maximum absolute atomic E-state index is 11.8. The Bertz CT molecular complexity index is 850. The molecule has 6 heteroatoms. The molecule has 0 fully saturated rings. The van der Waals surface area contributed by atoms with Crippen molar-refractivity contribution in [2.75, 3.05) is 26.8 Å². The molecule has 2 aliphatic heterocycles. The summed E-state index contributed by atoms with van der Waals surface area (Å²) in [5.74, 6) is 0.478. The predicted molar refractivity (Wildman–Crippen MR) is 94.8 cm³/mol. The van der Waals surface area contributed by atoms with Gasteiger partial charge in [0.25, 0.3) is 0 Å². The summed E-state index contributed by atoms with van der Waals surface area (Å²) in [4.78, 5) is 18.5. The van der Waals surface area contributed by atoms with Crippen LogP contribution >= 0.6 is 11.6 Å². The molecule has 0 radical (unpaired) electrons. The summed E-state index contributed by atoms with van der Waals surface area (Å²) < 4.78 is 11.0. The van der Waals surface area contributed by atoms with Crippen LogP contribution in [0.1, 0.15) is 16.7 Å². The fourth-order valence-corrected chi connectivity index (χ4v) is 3.68. The summed E-state index contributed by atoms with van der Waals surface area (Å²) in [7, 11) is 1.35. The van der Waals surface area contributed by atoms with Crippen LogP contribution in [0.4, 0.5) is 0 Å². The third-order valence-corrected chi connectivity index (χ3v) is 4.87. The van der Waals surface area contributed by atoms with Gasteiger partial charge in [0, 0.05) is 28.3 Å². The first-order chi connectivity index (χ1) is 12.2. The lowest BCUT2D eigenvalue weighted by Crippen LogP contribution is -2.47. The SMILES string of the molecule is COC(=O)COC1(c2ccc(Cl)cc2)c2ccccc2C2=NCCN21. The molecule has 25 heavy (non-hydrogen) atoms. The number of aliphatic imine (C=N–C) groups is 1. The maximum atomic E-state index is 11.8. The third-order valence-electron chi connectivity index (χ3n) is 4.62. The molecule has 0 N–H and O–H groups in total. The number of fused-ring (bicyclic) bond motifs is 3. The number of benzene rings is 2. The molecule has 1 unspecified atom stereocenters. The van der Waals surface area contributed by atoms with Gasteiger partial charge in [0.2, 0.25) is 0 Å². The first-order valence-electron chi connectivity index (χ1n) is 8.05. The van der Waals surface area contributed by atoms with E-state index in [2.05, 4.69) is 9.89 Å². The molecule has 5 nitrogen and oxygen atoms in total. The lowest BCUT2D eigenvalue weighted by molar-refractivity contribution is -0.159. The van der Waals surface area contributed by atoms with E-state index in [0.717, 1.165) is 22.5 Å². The van der Waals surface area contributed by atoms with Crippen LogP contribution in [-0.4, -0.2) is 43.5 Å². The van der Waals surface area contributed by atoms with Crippen molar-refractivity contribution in [2.45, 2.75) is 5.72 Å². The van der Waals surface area contributed by atoms with Crippen LogP contribution in [0.3, 0.4) is 0 Å². The van der Waals surface area contributed by atoms with Gasteiger partial charge in [0.1, 0.15) is 12.4 Å². The summed E-state index contributed by atoms with van der Waals surface area (Å²) in [6.07, 6.45) is 0. The maximum Gasteiger partial charge on any atom is 0.331 e. The molecule has 0 aliphatic carbocycles. The Morgan fingerprint density at radius 1 is 1.24 bits per heavy atom. The van der Waals surface area contributed by atoms with Gasteiger partial charge in [-0.25, -0.2) is 4.79 Å². The molecular formula is C19H17ClN2O3. The first-order valence-corrected chi connectivity index (χ1v) is 8.43. The van der Waals surface area contributed by atoms with E-state index in [1.165, 1.54) is 7.11 Å². The zero-order valence-corrected chi connectivity index (χ0v) is 14.5. The van der Waals surface area contributed by atoms with Gasteiger partial charge in [0.05, 0.1) is 13.7 Å². The molecule has 0 spiro atoms. The van der Waals surface area contributed by atoms with Gasteiger partial charge in [-0.1, -0.05) is 48.0 Å². The summed E-state index contributed by atoms with van der Waals surface area (Å²) in [5.41, 5.74) is 1.99. The highest BCUT2D eigenvalue weighted by atomic mass is 35.5. The van der Waals surface area contributed by atoms with Crippen LogP contribution < -0.4 is 0 Å². The van der Waals surface area contributed by atoms with E-state index in [4.69, 9.17) is 21.1 Å². The number of carbonyl (C=O) groups excluding carboxylic acids is 1. The van der Waals surface area contributed by atoms with E-state index in [0.29, 0.717) is 18.1 Å². The fraction of sp³-hybridized carbons (Fsp3) is 0.263. The Morgan fingerprint density at radius 2 is 2.00 bits per heavy atom. The van der Waals surface area contributed by atoms with E-state index >= 15 is 0 Å². The van der Waals surface area contributed by atoms with Crippen molar-refractivity contribution in [1.82, 2.24) is 4.90 Å². The van der Waals surface area contributed by atoms with Crippen LogP contribution in [-0.2, 0) is 20.0 Å². The molecule has 0 saturated heterocycles. The van der Waals surface area contributed by atoms with Crippen LogP contribution in [0, 0.1) is 0 Å². The molecular weight excluding hydrogens is 340 g/mol. The van der Waals surface area contributed by atoms with Gasteiger partial charge < -0.3 is 14.4 Å². The number of esters is 1. The molecule has 0 aromatic heterocycles. The second-order valence-electron chi connectivity index (χ2n) is 5.92. The van der Waals surface area contributed by atoms with E-state index in [-0.39, 0.29) is 6.61 Å². The Hall–Kier alpha value is -2.37. The van der Waals surface area contributed by atoms with Crippen molar-refractivity contribution >= 4 is 23.4 Å². The summed E-state index contributed by atoms with van der Waals surface area (Å²) in [6.45, 7) is 1.26. The van der Waals surface area contributed by atoms with Gasteiger partial charge in [-0.05, 0) is 12.1 Å². The lowest BCUT2D eigenvalue weighted by atomic mass is 9.93. The molecule has 2 heterocycles. The van der Waals surface area contributed by atoms with Crippen LogP contribution in [0.15, 0.2) is 53.5 Å². The van der Waals surface area contributed by atoms with Gasteiger partial charge in [-0.2, -0.15) is 0 Å². The molecule has 0 amide bonds. The molecule has 128 valence electrons. The van der Waals surface area contributed by atoms with Gasteiger partial charge in [-0.3, -0.25) is 4.99 Å². The number of methoxy groups -OCH3 is 1. The summed E-state index contributed by atoms with van der Waals surface area (Å²) in [6, 6.07) is 15.5. The van der Waals surface area contributed by atoms with E-state index in [1.807, 2.05) is 48.5 Å². The standard InChI is InChI=1S/C19H17ClN2O3/c1-24-17(23)12-25-19(13-6-8-14(20)9-7-13)16-5-3-2-4-15(16)18-21-10-11-22(18)19/h2-9H,10-12H2,1H3. The van der Waals surface area contributed by atoms with Crippen LogP contribution in [0.25, 0.3) is 0 Å². The Labute approximate surface area is 150 Å². The highest BCUT2D eigenvalue weighted by Gasteiger charge is 2.52. The van der Waals surface area contributed by atoms with E-state index in [1.54, 1.807) is 0 Å². The van der Waals surface area contributed by atoms with E-state index in [9.17, 15) is 4.79 Å². The molecule has 0 bridgehead atoms. The predicted octanol–water partition coefficient (Wildman–Crippen LogP) is 2.81. The fourth-order valence-electron chi connectivity index (χ4n) is 3.55. The monoisotopic (exact) mass is 356 g/mol. The second-order valence-corrected chi connectivity index (χ2v) is 6.35. The minimum Gasteiger partial charge on any atom is -0.467 e. The van der Waals surface area contributed by atoms with Crippen molar-refractivity contribution in [2.24, 2.45) is 4.99 Å². The van der Waals surface area contributed by atoms with Crippen molar-refractivity contribution in [3.63, 3.8) is 0 Å². The van der Waals surface area contributed by atoms with Crippen molar-refractivity contribution in [3.05, 3.63) is 70.2 Å². The number of amidine groups is 1. The summed E-state index contributed by atoms with van der Waals surface area (Å²) in [5, 5.41) is 0.647. The summed E-state index contributed by atoms with van der Waals surface area (Å²) >= 11 is 6.07. The number of ether oxygens (including phenoxy) is 2. The number of carbonyl (C=O) groups is 1. The Morgan fingerprint density at radius 3 is 2.76 bits per heavy atom. The third kappa shape index (κ3) is 2.42. The Balaban J connectivity index is 1.90. The van der Waals surface area contributed by atoms with Crippen molar-refractivity contribution < 1.29 is 14.3 Å². The van der Waals surface area contributed by atoms with Gasteiger partial charge in [0.15, 0.2) is 5.72 Å². The minimum atomic E-state index is -0.912. The Kier molecular flexibility index (Phi) is 3.98. The molecule has 2 aliphatic rings. The number of hydrogen-bond donors (Lipinski definition) is 0. The van der Waals surface area contributed by atoms with Crippen LogP contribution in [0.5, 0.6) is 0 Å². The topological polar surface area (TPSA) is 51.1 Å². The highest BCUT2D eigenvalue weighted by molar-refractivity contribution is 6.30. The second kappa shape index (κ2) is 6.17.